The number of amides is 2. The maximum Gasteiger partial charge on any atom is 0.311 e. The molecule has 0 aromatic heterocycles. The zero-order valence-electron chi connectivity index (χ0n) is 11.0. The van der Waals surface area contributed by atoms with Crippen LogP contribution in [-0.2, 0) is 9.59 Å². The molecule has 5 heteroatoms. The summed E-state index contributed by atoms with van der Waals surface area (Å²) in [5.74, 6) is -1.13. The normalized spacial score (nSPS) is 12.0. The van der Waals surface area contributed by atoms with Crippen LogP contribution in [0, 0.1) is 0 Å². The Labute approximate surface area is 103 Å². The smallest absolute Gasteiger partial charge is 0.311 e. The minimum atomic E-state index is -0.637. The molecular formula is C12H24N2O3. The van der Waals surface area contributed by atoms with Crippen molar-refractivity contribution in [1.29, 1.82) is 0 Å². The Morgan fingerprint density at radius 3 is 2.35 bits per heavy atom. The van der Waals surface area contributed by atoms with Crippen LogP contribution in [0.4, 0.5) is 0 Å². The molecule has 0 aliphatic heterocycles. The third-order valence-electron chi connectivity index (χ3n) is 2.31. The standard InChI is InChI=1S/C12H24N2O3/c1-4-6-8-14(7-5-2)12(17)11(16)13-9-10(3)15/h10,15H,4-9H2,1-3H3,(H,13,16). The first-order chi connectivity index (χ1) is 8.02. The van der Waals surface area contributed by atoms with E-state index in [2.05, 4.69) is 5.32 Å². The molecule has 0 radical (unpaired) electrons. The Kier molecular flexibility index (Phi) is 8.40. The highest BCUT2D eigenvalue weighted by atomic mass is 16.3. The second kappa shape index (κ2) is 8.98. The number of unbranched alkanes of at least 4 members (excludes halogenated alkanes) is 1. The van der Waals surface area contributed by atoms with Crippen LogP contribution in [0.25, 0.3) is 0 Å². The van der Waals surface area contributed by atoms with Crippen molar-refractivity contribution < 1.29 is 14.7 Å². The van der Waals surface area contributed by atoms with Crippen molar-refractivity contribution in [3.05, 3.63) is 0 Å². The summed E-state index contributed by atoms with van der Waals surface area (Å²) >= 11 is 0. The van der Waals surface area contributed by atoms with Crippen LogP contribution < -0.4 is 5.32 Å². The summed E-state index contributed by atoms with van der Waals surface area (Å²) in [7, 11) is 0. The van der Waals surface area contributed by atoms with Gasteiger partial charge in [-0.25, -0.2) is 0 Å². The molecule has 5 nitrogen and oxygen atoms in total. The van der Waals surface area contributed by atoms with E-state index in [1.165, 1.54) is 0 Å². The summed E-state index contributed by atoms with van der Waals surface area (Å²) in [6.45, 7) is 6.90. The molecule has 0 heterocycles. The van der Waals surface area contributed by atoms with Crippen molar-refractivity contribution in [2.75, 3.05) is 19.6 Å². The van der Waals surface area contributed by atoms with Crippen molar-refractivity contribution in [2.24, 2.45) is 0 Å². The maximum atomic E-state index is 11.8. The third-order valence-corrected chi connectivity index (χ3v) is 2.31. The van der Waals surface area contributed by atoms with Gasteiger partial charge in [0.15, 0.2) is 0 Å². The fourth-order valence-corrected chi connectivity index (χ4v) is 1.39. The van der Waals surface area contributed by atoms with Gasteiger partial charge in [0.1, 0.15) is 0 Å². The second-order valence-electron chi connectivity index (χ2n) is 4.20. The van der Waals surface area contributed by atoms with E-state index in [0.29, 0.717) is 13.1 Å². The first-order valence-corrected chi connectivity index (χ1v) is 6.28. The summed E-state index contributed by atoms with van der Waals surface area (Å²) in [5.41, 5.74) is 0. The van der Waals surface area contributed by atoms with Crippen molar-refractivity contribution in [3.63, 3.8) is 0 Å². The predicted molar refractivity (Wildman–Crippen MR) is 66.5 cm³/mol. The molecule has 0 fully saturated rings. The Bertz CT molecular complexity index is 242. The molecule has 0 saturated carbocycles. The van der Waals surface area contributed by atoms with Gasteiger partial charge in [-0.2, -0.15) is 0 Å². The Hall–Kier alpha value is -1.10. The summed E-state index contributed by atoms with van der Waals surface area (Å²) in [4.78, 5) is 24.9. The van der Waals surface area contributed by atoms with Crippen LogP contribution in [-0.4, -0.2) is 47.6 Å². The van der Waals surface area contributed by atoms with Gasteiger partial charge < -0.3 is 15.3 Å². The van der Waals surface area contributed by atoms with Crippen molar-refractivity contribution in [2.45, 2.75) is 46.1 Å². The number of aliphatic hydroxyl groups is 1. The first kappa shape index (κ1) is 15.9. The average Bonchev–Trinajstić information content (AvgIpc) is 2.30. The minimum Gasteiger partial charge on any atom is -0.392 e. The highest BCUT2D eigenvalue weighted by molar-refractivity contribution is 6.35. The number of nitrogens with zero attached hydrogens (tertiary/aromatic N) is 1. The lowest BCUT2D eigenvalue weighted by Crippen LogP contribution is -2.45. The van der Waals surface area contributed by atoms with E-state index < -0.39 is 17.9 Å². The number of aliphatic hydroxyl groups excluding tert-OH is 1. The highest BCUT2D eigenvalue weighted by Gasteiger charge is 2.20. The molecule has 0 rings (SSSR count). The largest absolute Gasteiger partial charge is 0.392 e. The van der Waals surface area contributed by atoms with Gasteiger partial charge in [0, 0.05) is 19.6 Å². The number of hydrogen-bond acceptors (Lipinski definition) is 3. The summed E-state index contributed by atoms with van der Waals surface area (Å²) < 4.78 is 0. The first-order valence-electron chi connectivity index (χ1n) is 6.28. The van der Waals surface area contributed by atoms with E-state index in [1.807, 2.05) is 13.8 Å². The Balaban J connectivity index is 4.23. The van der Waals surface area contributed by atoms with Crippen LogP contribution in [0.15, 0.2) is 0 Å². The van der Waals surface area contributed by atoms with Crippen molar-refractivity contribution in [1.82, 2.24) is 10.2 Å². The topological polar surface area (TPSA) is 69.6 Å². The molecule has 2 N–H and O–H groups in total. The summed E-state index contributed by atoms with van der Waals surface area (Å²) in [6, 6.07) is 0. The van der Waals surface area contributed by atoms with E-state index in [-0.39, 0.29) is 6.54 Å². The van der Waals surface area contributed by atoms with Gasteiger partial charge in [-0.3, -0.25) is 9.59 Å². The zero-order chi connectivity index (χ0) is 13.3. The molecule has 1 atom stereocenters. The van der Waals surface area contributed by atoms with Gasteiger partial charge in [-0.15, -0.1) is 0 Å². The number of nitrogens with one attached hydrogen (secondary N) is 1. The fraction of sp³-hybridized carbons (Fsp3) is 0.833. The molecule has 0 aliphatic carbocycles. The van der Waals surface area contributed by atoms with E-state index in [0.717, 1.165) is 19.3 Å². The summed E-state index contributed by atoms with van der Waals surface area (Å²) in [5, 5.41) is 11.4. The molecule has 2 amide bonds. The highest BCUT2D eigenvalue weighted by Crippen LogP contribution is 1.98. The maximum absolute atomic E-state index is 11.8. The molecule has 0 spiro atoms. The van der Waals surface area contributed by atoms with Gasteiger partial charge in [-0.1, -0.05) is 20.3 Å². The lowest BCUT2D eigenvalue weighted by atomic mass is 10.3. The molecule has 17 heavy (non-hydrogen) atoms. The van der Waals surface area contributed by atoms with Gasteiger partial charge in [0.05, 0.1) is 6.10 Å². The number of rotatable bonds is 7. The van der Waals surface area contributed by atoms with Gasteiger partial charge in [0.25, 0.3) is 0 Å². The van der Waals surface area contributed by atoms with Crippen LogP contribution >= 0.6 is 0 Å². The van der Waals surface area contributed by atoms with E-state index in [1.54, 1.807) is 11.8 Å². The lowest BCUT2D eigenvalue weighted by molar-refractivity contribution is -0.146. The van der Waals surface area contributed by atoms with E-state index >= 15 is 0 Å². The van der Waals surface area contributed by atoms with Gasteiger partial charge in [0.2, 0.25) is 0 Å². The summed E-state index contributed by atoms with van der Waals surface area (Å²) in [6.07, 6.45) is 2.08. The van der Waals surface area contributed by atoms with Crippen molar-refractivity contribution >= 4 is 11.8 Å². The minimum absolute atomic E-state index is 0.109. The van der Waals surface area contributed by atoms with E-state index in [4.69, 9.17) is 5.11 Å². The quantitative estimate of drug-likeness (QED) is 0.642. The number of hydrogen-bond donors (Lipinski definition) is 2. The van der Waals surface area contributed by atoms with Crippen molar-refractivity contribution in [3.8, 4) is 0 Å². The lowest BCUT2D eigenvalue weighted by Gasteiger charge is -2.21. The SMILES string of the molecule is CCCCN(CCC)C(=O)C(=O)NCC(C)O. The molecule has 0 saturated heterocycles. The van der Waals surface area contributed by atoms with Crippen LogP contribution in [0.3, 0.4) is 0 Å². The molecule has 0 aliphatic rings. The Morgan fingerprint density at radius 1 is 1.24 bits per heavy atom. The molecule has 100 valence electrons. The monoisotopic (exact) mass is 244 g/mol. The van der Waals surface area contributed by atoms with Gasteiger partial charge >= 0.3 is 11.8 Å². The molecule has 0 bridgehead atoms. The zero-order valence-corrected chi connectivity index (χ0v) is 11.0. The number of carbonyl (C=O) groups is 2. The van der Waals surface area contributed by atoms with Crippen LogP contribution in [0.1, 0.15) is 40.0 Å². The predicted octanol–water partition coefficient (Wildman–Crippen LogP) is 0.522. The van der Waals surface area contributed by atoms with Crippen LogP contribution in [0.5, 0.6) is 0 Å². The molecule has 1 unspecified atom stereocenters. The third kappa shape index (κ3) is 6.94. The Morgan fingerprint density at radius 2 is 1.88 bits per heavy atom. The second-order valence-corrected chi connectivity index (χ2v) is 4.20. The van der Waals surface area contributed by atoms with E-state index in [9.17, 15) is 9.59 Å². The molecular weight excluding hydrogens is 220 g/mol. The average molecular weight is 244 g/mol. The molecule has 0 aromatic rings. The van der Waals surface area contributed by atoms with Gasteiger partial charge in [-0.05, 0) is 19.8 Å². The molecule has 0 aromatic carbocycles. The number of carbonyl (C=O) groups excluding carboxylic acids is 2. The fourth-order valence-electron chi connectivity index (χ4n) is 1.39. The van der Waals surface area contributed by atoms with Crippen LogP contribution in [0.2, 0.25) is 0 Å².